The fourth-order valence-corrected chi connectivity index (χ4v) is 6.47. The summed E-state index contributed by atoms with van der Waals surface area (Å²) >= 11 is 0. The van der Waals surface area contributed by atoms with Gasteiger partial charge in [-0.3, -0.25) is 14.5 Å². The zero-order valence-electron chi connectivity index (χ0n) is 15.9. The van der Waals surface area contributed by atoms with Crippen molar-refractivity contribution in [3.05, 3.63) is 64.4 Å². The number of furan rings is 1. The number of ether oxygens (including phenoxy) is 1. The second-order valence-electron chi connectivity index (χ2n) is 8.01. The minimum Gasteiger partial charge on any atom is -0.478 e. The predicted molar refractivity (Wildman–Crippen MR) is 108 cm³/mol. The summed E-state index contributed by atoms with van der Waals surface area (Å²) in [4.78, 5) is 28.1. The first-order valence-corrected chi connectivity index (χ1v) is 11.6. The van der Waals surface area contributed by atoms with Crippen molar-refractivity contribution in [2.45, 2.75) is 19.0 Å². The van der Waals surface area contributed by atoms with Gasteiger partial charge in [-0.2, -0.15) is 0 Å². The van der Waals surface area contributed by atoms with Crippen molar-refractivity contribution in [3.63, 3.8) is 0 Å². The van der Waals surface area contributed by atoms with Gasteiger partial charge < -0.3 is 9.15 Å². The van der Waals surface area contributed by atoms with Gasteiger partial charge in [-0.05, 0) is 18.6 Å². The highest BCUT2D eigenvalue weighted by atomic mass is 32.2. The molecule has 1 unspecified atom stereocenters. The molecule has 1 atom stereocenters. The molecule has 6 rings (SSSR count). The maximum atomic E-state index is 13.1. The number of nitrogens with zero attached hydrogens (tertiary/aromatic N) is 1. The van der Waals surface area contributed by atoms with Crippen LogP contribution in [0.3, 0.4) is 0 Å². The molecule has 1 saturated heterocycles. The SMILES string of the molecule is O=C1c2ccccc2C(=O)c2c1oc1c3c(ccc21)OCN(C1CCS(=O)(=O)C1)C3. The average molecular weight is 423 g/mol. The van der Waals surface area contributed by atoms with Gasteiger partial charge in [0, 0.05) is 29.1 Å². The summed E-state index contributed by atoms with van der Waals surface area (Å²) in [6.07, 6.45) is 0.567. The lowest BCUT2D eigenvalue weighted by Gasteiger charge is -2.32. The van der Waals surface area contributed by atoms with Crippen LogP contribution in [-0.2, 0) is 16.4 Å². The molecule has 7 nitrogen and oxygen atoms in total. The number of hydrogen-bond acceptors (Lipinski definition) is 7. The van der Waals surface area contributed by atoms with Crippen molar-refractivity contribution < 1.29 is 27.2 Å². The molecule has 3 aromatic rings. The lowest BCUT2D eigenvalue weighted by molar-refractivity contribution is 0.0649. The molecule has 1 fully saturated rings. The van der Waals surface area contributed by atoms with Crippen molar-refractivity contribution in [2.75, 3.05) is 18.2 Å². The van der Waals surface area contributed by atoms with Gasteiger partial charge in [-0.1, -0.05) is 24.3 Å². The van der Waals surface area contributed by atoms with Gasteiger partial charge in [0.15, 0.2) is 21.4 Å². The maximum absolute atomic E-state index is 13.1. The van der Waals surface area contributed by atoms with E-state index in [-0.39, 0.29) is 40.4 Å². The molecular formula is C22H17NO6S. The minimum atomic E-state index is -3.02. The summed E-state index contributed by atoms with van der Waals surface area (Å²) < 4.78 is 35.6. The van der Waals surface area contributed by atoms with Crippen LogP contribution in [0, 0.1) is 0 Å². The quantitative estimate of drug-likeness (QED) is 0.464. The predicted octanol–water partition coefficient (Wildman–Crippen LogP) is 2.55. The van der Waals surface area contributed by atoms with E-state index in [2.05, 4.69) is 0 Å². The fraction of sp³-hybridized carbons (Fsp3) is 0.273. The molecule has 30 heavy (non-hydrogen) atoms. The second-order valence-corrected chi connectivity index (χ2v) is 10.2. The summed E-state index contributed by atoms with van der Waals surface area (Å²) in [5.41, 5.74) is 2.21. The molecule has 1 aliphatic carbocycles. The van der Waals surface area contributed by atoms with Crippen LogP contribution >= 0.6 is 0 Å². The molecule has 8 heteroatoms. The van der Waals surface area contributed by atoms with Crippen molar-refractivity contribution in [2.24, 2.45) is 0 Å². The number of ketones is 2. The van der Waals surface area contributed by atoms with E-state index < -0.39 is 9.84 Å². The van der Waals surface area contributed by atoms with Crippen molar-refractivity contribution in [1.82, 2.24) is 4.90 Å². The van der Waals surface area contributed by atoms with Gasteiger partial charge >= 0.3 is 0 Å². The Labute approximate surface area is 172 Å². The lowest BCUT2D eigenvalue weighted by atomic mass is 9.87. The molecule has 152 valence electrons. The van der Waals surface area contributed by atoms with Crippen LogP contribution < -0.4 is 4.74 Å². The smallest absolute Gasteiger partial charge is 0.229 e. The third kappa shape index (κ3) is 2.44. The topological polar surface area (TPSA) is 93.9 Å². The minimum absolute atomic E-state index is 0.0580. The Balaban J connectivity index is 1.47. The first-order chi connectivity index (χ1) is 14.4. The molecular weight excluding hydrogens is 406 g/mol. The Morgan fingerprint density at radius 2 is 1.77 bits per heavy atom. The standard InChI is InChI=1S/C22H17NO6S/c24-19-13-3-1-2-4-14(13)20(25)22-18(19)15-5-6-17-16(21(15)29-22)9-23(11-28-17)12-7-8-30(26,27)10-12/h1-6,12H,7-11H2. The summed E-state index contributed by atoms with van der Waals surface area (Å²) in [6.45, 7) is 0.733. The Kier molecular flexibility index (Phi) is 3.58. The number of carbonyl (C=O) groups is 2. The van der Waals surface area contributed by atoms with Crippen LogP contribution in [0.2, 0.25) is 0 Å². The molecule has 0 spiro atoms. The van der Waals surface area contributed by atoms with Crippen LogP contribution in [0.4, 0.5) is 0 Å². The molecule has 1 aromatic heterocycles. The highest BCUT2D eigenvalue weighted by Crippen LogP contribution is 2.41. The van der Waals surface area contributed by atoms with Gasteiger partial charge in [-0.25, -0.2) is 8.42 Å². The van der Waals surface area contributed by atoms with E-state index in [4.69, 9.17) is 9.15 Å². The Bertz CT molecular complexity index is 1370. The number of hydrogen-bond donors (Lipinski definition) is 0. The highest BCUT2D eigenvalue weighted by molar-refractivity contribution is 7.91. The van der Waals surface area contributed by atoms with E-state index in [9.17, 15) is 18.0 Å². The Morgan fingerprint density at radius 3 is 2.50 bits per heavy atom. The number of fused-ring (bicyclic) bond motifs is 6. The maximum Gasteiger partial charge on any atom is 0.229 e. The number of benzene rings is 2. The van der Waals surface area contributed by atoms with E-state index >= 15 is 0 Å². The molecule has 0 bridgehead atoms. The normalized spacial score (nSPS) is 22.5. The van der Waals surface area contributed by atoms with Gasteiger partial charge in [-0.15, -0.1) is 0 Å². The van der Waals surface area contributed by atoms with Crippen molar-refractivity contribution in [1.29, 1.82) is 0 Å². The molecule has 0 amide bonds. The second kappa shape index (κ2) is 6.02. The van der Waals surface area contributed by atoms with Crippen LogP contribution in [-0.4, -0.2) is 49.2 Å². The molecule has 0 saturated carbocycles. The first kappa shape index (κ1) is 17.9. The molecule has 2 aliphatic heterocycles. The number of rotatable bonds is 1. The molecule has 3 aliphatic rings. The van der Waals surface area contributed by atoms with Crippen LogP contribution in [0.15, 0.2) is 40.8 Å². The van der Waals surface area contributed by atoms with Crippen LogP contribution in [0.5, 0.6) is 5.75 Å². The van der Waals surface area contributed by atoms with Crippen LogP contribution in [0.1, 0.15) is 44.0 Å². The summed E-state index contributed by atoms with van der Waals surface area (Å²) in [7, 11) is -3.02. The highest BCUT2D eigenvalue weighted by Gasteiger charge is 2.38. The van der Waals surface area contributed by atoms with E-state index in [0.717, 1.165) is 5.56 Å². The largest absolute Gasteiger partial charge is 0.478 e. The van der Waals surface area contributed by atoms with Crippen LogP contribution in [0.25, 0.3) is 11.0 Å². The molecule has 0 N–H and O–H groups in total. The van der Waals surface area contributed by atoms with Gasteiger partial charge in [0.05, 0.1) is 22.6 Å². The fourth-order valence-electron chi connectivity index (χ4n) is 4.70. The molecule has 2 aromatic carbocycles. The van der Waals surface area contributed by atoms with Gasteiger partial charge in [0.25, 0.3) is 0 Å². The summed E-state index contributed by atoms with van der Waals surface area (Å²) in [6, 6.07) is 10.2. The zero-order chi connectivity index (χ0) is 20.6. The third-order valence-electron chi connectivity index (χ3n) is 6.24. The zero-order valence-corrected chi connectivity index (χ0v) is 16.7. The van der Waals surface area contributed by atoms with E-state index in [1.807, 2.05) is 4.90 Å². The Hall–Kier alpha value is -2.97. The average Bonchev–Trinajstić information content (AvgIpc) is 3.32. The van der Waals surface area contributed by atoms with E-state index in [1.54, 1.807) is 36.4 Å². The molecule has 0 radical (unpaired) electrons. The monoisotopic (exact) mass is 423 g/mol. The van der Waals surface area contributed by atoms with Gasteiger partial charge in [0.2, 0.25) is 5.78 Å². The van der Waals surface area contributed by atoms with E-state index in [1.165, 1.54) is 0 Å². The summed E-state index contributed by atoms with van der Waals surface area (Å²) in [5, 5.41) is 0.584. The van der Waals surface area contributed by atoms with Crippen molar-refractivity contribution >= 4 is 32.4 Å². The Morgan fingerprint density at radius 1 is 1.00 bits per heavy atom. The van der Waals surface area contributed by atoms with E-state index in [0.29, 0.717) is 47.5 Å². The number of carbonyl (C=O) groups excluding carboxylic acids is 2. The molecule has 3 heterocycles. The lowest BCUT2D eigenvalue weighted by Crippen LogP contribution is -2.41. The third-order valence-corrected chi connectivity index (χ3v) is 7.99. The first-order valence-electron chi connectivity index (χ1n) is 9.77. The number of sulfone groups is 1. The van der Waals surface area contributed by atoms with Crippen molar-refractivity contribution in [3.8, 4) is 5.75 Å². The van der Waals surface area contributed by atoms with Gasteiger partial charge in [0.1, 0.15) is 18.1 Å². The summed E-state index contributed by atoms with van der Waals surface area (Å²) in [5.74, 6) is 0.449.